The van der Waals surface area contributed by atoms with E-state index in [1.807, 2.05) is 13.1 Å². The van der Waals surface area contributed by atoms with Crippen molar-refractivity contribution in [1.82, 2.24) is 14.8 Å². The van der Waals surface area contributed by atoms with Crippen molar-refractivity contribution in [2.24, 2.45) is 0 Å². The van der Waals surface area contributed by atoms with E-state index in [-0.39, 0.29) is 11.2 Å². The third-order valence-corrected chi connectivity index (χ3v) is 6.88. The first kappa shape index (κ1) is 20.9. The van der Waals surface area contributed by atoms with Gasteiger partial charge in [-0.05, 0) is 18.6 Å². The maximum absolute atomic E-state index is 12.9. The third-order valence-electron chi connectivity index (χ3n) is 5.89. The topological polar surface area (TPSA) is 63.5 Å². The summed E-state index contributed by atoms with van der Waals surface area (Å²) in [4.78, 5) is 17.2. The summed E-state index contributed by atoms with van der Waals surface area (Å²) in [5.41, 5.74) is 3.24. The lowest BCUT2D eigenvalue weighted by Crippen LogP contribution is -2.38. The van der Waals surface area contributed by atoms with Gasteiger partial charge in [0, 0.05) is 49.6 Å². The number of carbonyl (C=O) groups is 1. The zero-order chi connectivity index (χ0) is 21.3. The lowest BCUT2D eigenvalue weighted by atomic mass is 9.83. The average molecular weight is 428 g/mol. The van der Waals surface area contributed by atoms with Crippen LogP contribution in [-0.2, 0) is 21.5 Å². The Bertz CT molecular complexity index is 962. The first-order chi connectivity index (χ1) is 14.4. The molecule has 1 saturated heterocycles. The van der Waals surface area contributed by atoms with E-state index in [2.05, 4.69) is 63.5 Å². The van der Waals surface area contributed by atoms with Crippen LogP contribution in [0.4, 0.5) is 11.6 Å². The molecule has 3 heterocycles. The molecule has 0 unspecified atom stereocenters. The predicted octanol–water partition coefficient (Wildman–Crippen LogP) is 3.11. The van der Waals surface area contributed by atoms with E-state index >= 15 is 0 Å². The summed E-state index contributed by atoms with van der Waals surface area (Å²) in [5.74, 6) is 1.29. The Balaban J connectivity index is 1.47. The van der Waals surface area contributed by atoms with Crippen LogP contribution in [0.15, 0.2) is 41.2 Å². The fourth-order valence-corrected chi connectivity index (χ4v) is 5.07. The van der Waals surface area contributed by atoms with Gasteiger partial charge in [0.1, 0.15) is 0 Å². The number of morpholine rings is 1. The van der Waals surface area contributed by atoms with Crippen LogP contribution < -0.4 is 9.80 Å². The summed E-state index contributed by atoms with van der Waals surface area (Å²) in [5, 5.41) is 9.52. The Hall–Kier alpha value is -2.32. The van der Waals surface area contributed by atoms with Crippen LogP contribution in [0.25, 0.3) is 0 Å². The lowest BCUT2D eigenvalue weighted by molar-refractivity contribution is -0.112. The van der Waals surface area contributed by atoms with Gasteiger partial charge < -0.3 is 14.5 Å². The van der Waals surface area contributed by atoms with Crippen LogP contribution in [-0.4, -0.2) is 59.7 Å². The highest BCUT2D eigenvalue weighted by atomic mass is 32.2. The molecule has 0 bridgehead atoms. The minimum Gasteiger partial charge on any atom is -0.378 e. The molecule has 8 heteroatoms. The molecule has 0 atom stereocenters. The van der Waals surface area contributed by atoms with Gasteiger partial charge in [-0.25, -0.2) is 0 Å². The molecule has 1 aromatic carbocycles. The van der Waals surface area contributed by atoms with Gasteiger partial charge in [-0.1, -0.05) is 43.8 Å². The number of thioether (sulfide) groups is 1. The van der Waals surface area contributed by atoms with E-state index < -0.39 is 0 Å². The number of anilines is 2. The fourth-order valence-electron chi connectivity index (χ4n) is 4.25. The number of ether oxygens (including phenoxy) is 1. The van der Waals surface area contributed by atoms with Crippen LogP contribution in [0.2, 0.25) is 0 Å². The van der Waals surface area contributed by atoms with Crippen molar-refractivity contribution in [3.63, 3.8) is 0 Å². The highest BCUT2D eigenvalue weighted by Gasteiger charge is 2.38. The van der Waals surface area contributed by atoms with Crippen molar-refractivity contribution in [3.8, 4) is 0 Å². The molecular weight excluding hydrogens is 398 g/mol. The Morgan fingerprint density at radius 1 is 1.23 bits per heavy atom. The van der Waals surface area contributed by atoms with Crippen LogP contribution in [0.1, 0.15) is 26.3 Å². The molecule has 0 radical (unpaired) electrons. The van der Waals surface area contributed by atoms with Gasteiger partial charge in [-0.3, -0.25) is 9.36 Å². The molecule has 0 amide bonds. The second kappa shape index (κ2) is 8.43. The first-order valence-corrected chi connectivity index (χ1v) is 11.4. The number of benzene rings is 1. The molecule has 4 rings (SSSR count). The molecule has 0 spiro atoms. The van der Waals surface area contributed by atoms with Gasteiger partial charge in [0.05, 0.1) is 19.0 Å². The molecule has 2 aromatic rings. The molecule has 1 aromatic heterocycles. The highest BCUT2D eigenvalue weighted by molar-refractivity contribution is 7.99. The van der Waals surface area contributed by atoms with Gasteiger partial charge in [-0.15, -0.1) is 10.2 Å². The zero-order valence-corrected chi connectivity index (χ0v) is 18.9. The van der Waals surface area contributed by atoms with Gasteiger partial charge in [0.25, 0.3) is 0 Å². The van der Waals surface area contributed by atoms with Crippen LogP contribution >= 0.6 is 11.8 Å². The molecule has 2 aliphatic heterocycles. The zero-order valence-electron chi connectivity index (χ0n) is 18.1. The number of aromatic nitrogens is 3. The number of hydrogen-bond acceptors (Lipinski definition) is 7. The normalized spacial score (nSPS) is 19.4. The largest absolute Gasteiger partial charge is 0.378 e. The Morgan fingerprint density at radius 2 is 1.97 bits per heavy atom. The van der Waals surface area contributed by atoms with Crippen molar-refractivity contribution in [2.45, 2.75) is 37.9 Å². The molecule has 30 heavy (non-hydrogen) atoms. The summed E-state index contributed by atoms with van der Waals surface area (Å²) < 4.78 is 7.51. The van der Waals surface area contributed by atoms with Crippen LogP contribution in [0, 0.1) is 0 Å². The van der Waals surface area contributed by atoms with Crippen molar-refractivity contribution < 1.29 is 9.53 Å². The lowest BCUT2D eigenvalue weighted by Gasteiger charge is -2.27. The number of ketones is 1. The predicted molar refractivity (Wildman–Crippen MR) is 120 cm³/mol. The number of allylic oxidation sites excluding steroid dienone is 2. The average Bonchev–Trinajstić information content (AvgIpc) is 3.26. The quantitative estimate of drug-likeness (QED) is 0.518. The summed E-state index contributed by atoms with van der Waals surface area (Å²) in [7, 11) is 2.03. The van der Waals surface area contributed by atoms with Crippen molar-refractivity contribution in [2.75, 3.05) is 48.9 Å². The van der Waals surface area contributed by atoms with E-state index in [4.69, 9.17) is 4.74 Å². The first-order valence-electron chi connectivity index (χ1n) is 10.4. The molecule has 160 valence electrons. The van der Waals surface area contributed by atoms with E-state index in [9.17, 15) is 4.79 Å². The molecule has 0 saturated carbocycles. The second-order valence-electron chi connectivity index (χ2n) is 8.11. The maximum atomic E-state index is 12.9. The molecular formula is C22H29N5O2S. The Kier molecular flexibility index (Phi) is 5.88. The Labute approximate surface area is 182 Å². The maximum Gasteiger partial charge on any atom is 0.228 e. The minimum absolute atomic E-state index is 0.0845. The summed E-state index contributed by atoms with van der Waals surface area (Å²) in [6, 6.07) is 8.34. The van der Waals surface area contributed by atoms with Crippen molar-refractivity contribution >= 4 is 29.2 Å². The van der Waals surface area contributed by atoms with Gasteiger partial charge >= 0.3 is 0 Å². The highest BCUT2D eigenvalue weighted by Crippen LogP contribution is 2.46. The van der Waals surface area contributed by atoms with Gasteiger partial charge in [-0.2, -0.15) is 0 Å². The Morgan fingerprint density at radius 3 is 2.67 bits per heavy atom. The number of hydrogen-bond donors (Lipinski definition) is 0. The standard InChI is InChI=1S/C22H29N5O2S/c1-5-27-20(26-10-12-29-13-11-26)23-24-21(27)30-15-16(28)14-19-22(2,3)17-8-6-7-9-18(17)25(19)4/h6-9,14H,5,10-13,15H2,1-4H3/b19-14+. The number of fused-ring (bicyclic) bond motifs is 1. The van der Waals surface area contributed by atoms with Crippen molar-refractivity contribution in [1.29, 1.82) is 0 Å². The number of nitrogens with zero attached hydrogens (tertiary/aromatic N) is 5. The summed E-state index contributed by atoms with van der Waals surface area (Å²) in [6.45, 7) is 10.2. The summed E-state index contributed by atoms with van der Waals surface area (Å²) >= 11 is 1.45. The number of rotatable bonds is 6. The molecule has 0 N–H and O–H groups in total. The molecule has 2 aliphatic rings. The monoisotopic (exact) mass is 427 g/mol. The molecule has 0 aliphatic carbocycles. The van der Waals surface area contributed by atoms with E-state index in [0.29, 0.717) is 19.0 Å². The molecule has 7 nitrogen and oxygen atoms in total. The van der Waals surface area contributed by atoms with Gasteiger partial charge in [0.15, 0.2) is 10.9 Å². The second-order valence-corrected chi connectivity index (χ2v) is 9.05. The summed E-state index contributed by atoms with van der Waals surface area (Å²) in [6.07, 6.45) is 1.79. The van der Waals surface area contributed by atoms with E-state index in [0.717, 1.165) is 42.1 Å². The number of carbonyl (C=O) groups excluding carboxylic acids is 1. The number of para-hydroxylation sites is 1. The van der Waals surface area contributed by atoms with Crippen LogP contribution in [0.5, 0.6) is 0 Å². The van der Waals surface area contributed by atoms with Crippen molar-refractivity contribution in [3.05, 3.63) is 41.6 Å². The van der Waals surface area contributed by atoms with Crippen LogP contribution in [0.3, 0.4) is 0 Å². The SMILES string of the molecule is CCn1c(SCC(=O)/C=C2/N(C)c3ccccc3C2(C)C)nnc1N1CCOCC1. The minimum atomic E-state index is -0.196. The van der Waals surface area contributed by atoms with E-state index in [1.54, 1.807) is 6.08 Å². The number of likely N-dealkylation sites (N-methyl/N-ethyl adjacent to an activating group) is 1. The van der Waals surface area contributed by atoms with E-state index in [1.165, 1.54) is 17.3 Å². The smallest absolute Gasteiger partial charge is 0.228 e. The van der Waals surface area contributed by atoms with Gasteiger partial charge in [0.2, 0.25) is 5.95 Å². The fraction of sp³-hybridized carbons (Fsp3) is 0.500. The third kappa shape index (κ3) is 3.74. The molecule has 1 fully saturated rings.